The van der Waals surface area contributed by atoms with Crippen molar-refractivity contribution >= 4 is 33.0 Å². The van der Waals surface area contributed by atoms with Crippen LogP contribution in [-0.4, -0.2) is 19.1 Å². The summed E-state index contributed by atoms with van der Waals surface area (Å²) in [5.41, 5.74) is 0.287. The van der Waals surface area contributed by atoms with Crippen LogP contribution in [0, 0.1) is 0 Å². The van der Waals surface area contributed by atoms with E-state index in [2.05, 4.69) is 5.32 Å². The fourth-order valence-electron chi connectivity index (χ4n) is 2.01. The van der Waals surface area contributed by atoms with Gasteiger partial charge in [0.15, 0.2) is 14.6 Å². The molecule has 0 aromatic heterocycles. The maximum atomic E-state index is 12.2. The zero-order valence-corrected chi connectivity index (χ0v) is 9.73. The topological polar surface area (TPSA) is 63.2 Å². The Balaban J connectivity index is 2.30. The molecule has 1 saturated carbocycles. The first kappa shape index (κ1) is 10.1. The molecule has 1 aliphatic heterocycles. The van der Waals surface area contributed by atoms with E-state index in [0.717, 1.165) is 0 Å². The molecule has 1 fully saturated rings. The summed E-state index contributed by atoms with van der Waals surface area (Å²) < 4.78 is 23.2. The van der Waals surface area contributed by atoms with Crippen molar-refractivity contribution < 1.29 is 13.2 Å². The van der Waals surface area contributed by atoms with Gasteiger partial charge in [-0.15, -0.1) is 0 Å². The lowest BCUT2D eigenvalue weighted by Gasteiger charge is -2.24. The number of nitrogens with one attached hydrogen (secondary N) is 1. The molecule has 1 N–H and O–H groups in total. The summed E-state index contributed by atoms with van der Waals surface area (Å²) in [6.45, 7) is 0. The molecule has 0 radical (unpaired) electrons. The van der Waals surface area contributed by atoms with Gasteiger partial charge in [-0.05, 0) is 31.0 Å². The molecule has 2 aliphatic rings. The SMILES string of the molecule is O=C1Nc2cc(Cl)ccc2S(=O)(=O)C12CC2. The van der Waals surface area contributed by atoms with Crippen LogP contribution in [0.15, 0.2) is 23.1 Å². The van der Waals surface area contributed by atoms with E-state index < -0.39 is 20.5 Å². The Morgan fingerprint density at radius 2 is 2.00 bits per heavy atom. The average Bonchev–Trinajstić information content (AvgIpc) is 2.96. The standard InChI is InChI=1S/C10H8ClNO3S/c11-6-1-2-8-7(5-6)12-9(13)10(3-4-10)16(8,14)15/h1-2,5H,3-4H2,(H,12,13). The number of benzene rings is 1. The van der Waals surface area contributed by atoms with Crippen LogP contribution in [0.5, 0.6) is 0 Å². The second-order valence-corrected chi connectivity index (χ2v) is 6.76. The molecule has 1 heterocycles. The highest BCUT2D eigenvalue weighted by Gasteiger charge is 2.63. The molecule has 3 rings (SSSR count). The maximum Gasteiger partial charge on any atom is 0.246 e. The fraction of sp³-hybridized carbons (Fsp3) is 0.300. The van der Waals surface area contributed by atoms with Gasteiger partial charge in [-0.25, -0.2) is 8.42 Å². The minimum absolute atomic E-state index is 0.175. The number of carbonyl (C=O) groups is 1. The van der Waals surface area contributed by atoms with E-state index in [-0.39, 0.29) is 10.6 Å². The number of fused-ring (bicyclic) bond motifs is 1. The van der Waals surface area contributed by atoms with E-state index in [4.69, 9.17) is 11.6 Å². The first-order chi connectivity index (χ1) is 7.47. The van der Waals surface area contributed by atoms with Gasteiger partial charge in [-0.1, -0.05) is 11.6 Å². The molecular weight excluding hydrogens is 250 g/mol. The summed E-state index contributed by atoms with van der Waals surface area (Å²) >= 11 is 5.76. The van der Waals surface area contributed by atoms with Gasteiger partial charge >= 0.3 is 0 Å². The van der Waals surface area contributed by atoms with E-state index in [0.29, 0.717) is 17.9 Å². The molecule has 1 aromatic carbocycles. The molecule has 1 aliphatic carbocycles. The number of hydrogen-bond acceptors (Lipinski definition) is 3. The van der Waals surface area contributed by atoms with E-state index in [9.17, 15) is 13.2 Å². The molecule has 84 valence electrons. The third kappa shape index (κ3) is 1.05. The first-order valence-corrected chi connectivity index (χ1v) is 6.69. The monoisotopic (exact) mass is 257 g/mol. The van der Waals surface area contributed by atoms with Gasteiger partial charge < -0.3 is 5.32 Å². The average molecular weight is 258 g/mol. The number of amides is 1. The molecule has 0 unspecified atom stereocenters. The van der Waals surface area contributed by atoms with Crippen LogP contribution in [0.3, 0.4) is 0 Å². The Hall–Kier alpha value is -1.07. The number of hydrogen-bond donors (Lipinski definition) is 1. The highest BCUT2D eigenvalue weighted by molar-refractivity contribution is 7.94. The lowest BCUT2D eigenvalue weighted by Crippen LogP contribution is -2.41. The van der Waals surface area contributed by atoms with Crippen molar-refractivity contribution in [3.63, 3.8) is 0 Å². The molecule has 0 bridgehead atoms. The molecule has 0 atom stereocenters. The summed E-state index contributed by atoms with van der Waals surface area (Å²) in [5.74, 6) is -0.428. The van der Waals surface area contributed by atoms with Crippen molar-refractivity contribution in [3.8, 4) is 0 Å². The summed E-state index contributed by atoms with van der Waals surface area (Å²) in [4.78, 5) is 11.9. The van der Waals surface area contributed by atoms with Crippen LogP contribution >= 0.6 is 11.6 Å². The van der Waals surface area contributed by atoms with Crippen LogP contribution in [0.4, 0.5) is 5.69 Å². The Morgan fingerprint density at radius 3 is 2.62 bits per heavy atom. The van der Waals surface area contributed by atoms with Crippen LogP contribution in [-0.2, 0) is 14.6 Å². The Kier molecular flexibility index (Phi) is 1.76. The minimum Gasteiger partial charge on any atom is -0.323 e. The highest BCUT2D eigenvalue weighted by atomic mass is 35.5. The van der Waals surface area contributed by atoms with Gasteiger partial charge in [-0.3, -0.25) is 4.79 Å². The zero-order valence-electron chi connectivity index (χ0n) is 8.16. The fourth-order valence-corrected chi connectivity index (χ4v) is 4.19. The smallest absolute Gasteiger partial charge is 0.246 e. The van der Waals surface area contributed by atoms with Crippen LogP contribution in [0.1, 0.15) is 12.8 Å². The minimum atomic E-state index is -3.55. The largest absolute Gasteiger partial charge is 0.323 e. The molecule has 1 spiro atoms. The zero-order chi connectivity index (χ0) is 11.6. The van der Waals surface area contributed by atoms with Crippen LogP contribution in [0.2, 0.25) is 5.02 Å². The van der Waals surface area contributed by atoms with Crippen LogP contribution in [0.25, 0.3) is 0 Å². The van der Waals surface area contributed by atoms with Gasteiger partial charge in [0.05, 0.1) is 10.6 Å². The second-order valence-electron chi connectivity index (χ2n) is 4.09. The highest BCUT2D eigenvalue weighted by Crippen LogP contribution is 2.51. The Bertz CT molecular complexity index is 604. The summed E-state index contributed by atoms with van der Waals surface area (Å²) in [5, 5.41) is 3.01. The van der Waals surface area contributed by atoms with Crippen molar-refractivity contribution in [3.05, 3.63) is 23.2 Å². The van der Waals surface area contributed by atoms with Crippen molar-refractivity contribution in [1.29, 1.82) is 0 Å². The Labute approximate surface area is 97.5 Å². The maximum absolute atomic E-state index is 12.2. The first-order valence-electron chi connectivity index (χ1n) is 4.83. The molecule has 6 heteroatoms. The van der Waals surface area contributed by atoms with Gasteiger partial charge in [0, 0.05) is 5.02 Å². The molecule has 1 amide bonds. The number of sulfone groups is 1. The van der Waals surface area contributed by atoms with E-state index >= 15 is 0 Å². The van der Waals surface area contributed by atoms with Gasteiger partial charge in [0.2, 0.25) is 5.91 Å². The molecule has 1 aromatic rings. The molecule has 0 saturated heterocycles. The number of halogens is 1. The summed E-state index contributed by atoms with van der Waals surface area (Å²) in [6.07, 6.45) is 0.812. The lowest BCUT2D eigenvalue weighted by molar-refractivity contribution is -0.116. The van der Waals surface area contributed by atoms with E-state index in [1.54, 1.807) is 0 Å². The van der Waals surface area contributed by atoms with Crippen molar-refractivity contribution in [2.45, 2.75) is 22.5 Å². The lowest BCUT2D eigenvalue weighted by atomic mass is 10.3. The normalized spacial score (nSPS) is 23.7. The van der Waals surface area contributed by atoms with E-state index in [1.807, 2.05) is 0 Å². The Morgan fingerprint density at radius 1 is 1.31 bits per heavy atom. The summed E-state index contributed by atoms with van der Waals surface area (Å²) in [7, 11) is -3.55. The number of rotatable bonds is 0. The third-order valence-corrected chi connectivity index (χ3v) is 5.90. The quantitative estimate of drug-likeness (QED) is 0.768. The van der Waals surface area contributed by atoms with Gasteiger partial charge in [0.25, 0.3) is 0 Å². The predicted octanol–water partition coefficient (Wildman–Crippen LogP) is 1.60. The van der Waals surface area contributed by atoms with Crippen molar-refractivity contribution in [1.82, 2.24) is 0 Å². The van der Waals surface area contributed by atoms with Gasteiger partial charge in [0.1, 0.15) is 0 Å². The summed E-state index contributed by atoms with van der Waals surface area (Å²) in [6, 6.07) is 4.43. The van der Waals surface area contributed by atoms with Gasteiger partial charge in [-0.2, -0.15) is 0 Å². The van der Waals surface area contributed by atoms with E-state index in [1.165, 1.54) is 18.2 Å². The molecule has 4 nitrogen and oxygen atoms in total. The van der Waals surface area contributed by atoms with Crippen LogP contribution < -0.4 is 5.32 Å². The van der Waals surface area contributed by atoms with Crippen molar-refractivity contribution in [2.24, 2.45) is 0 Å². The molecule has 16 heavy (non-hydrogen) atoms. The second kappa shape index (κ2) is 2.78. The predicted molar refractivity (Wildman–Crippen MR) is 59.2 cm³/mol. The number of carbonyl (C=O) groups excluding carboxylic acids is 1. The third-order valence-electron chi connectivity index (χ3n) is 3.11. The van der Waals surface area contributed by atoms with Crippen molar-refractivity contribution in [2.75, 3.05) is 5.32 Å². The number of anilines is 1. The molecular formula is C10H8ClNO3S.